The SMILES string of the molecule is Cc1cc(C(=O)NCc2cn[nH]c2C)co1. The Morgan fingerprint density at radius 2 is 2.38 bits per heavy atom. The molecule has 2 N–H and O–H groups in total. The minimum absolute atomic E-state index is 0.141. The average Bonchev–Trinajstić information content (AvgIpc) is 2.84. The number of aryl methyl sites for hydroxylation is 2. The van der Waals surface area contributed by atoms with E-state index in [1.54, 1.807) is 19.2 Å². The van der Waals surface area contributed by atoms with Crippen LogP contribution in [0.25, 0.3) is 0 Å². The molecule has 2 aromatic rings. The lowest BCUT2D eigenvalue weighted by Crippen LogP contribution is -2.22. The fourth-order valence-corrected chi connectivity index (χ4v) is 1.39. The van der Waals surface area contributed by atoms with Gasteiger partial charge in [-0.25, -0.2) is 0 Å². The number of nitrogens with zero attached hydrogens (tertiary/aromatic N) is 1. The number of carbonyl (C=O) groups is 1. The van der Waals surface area contributed by atoms with Gasteiger partial charge in [-0.05, 0) is 19.9 Å². The summed E-state index contributed by atoms with van der Waals surface area (Å²) < 4.78 is 5.07. The summed E-state index contributed by atoms with van der Waals surface area (Å²) in [5.74, 6) is 0.585. The molecule has 5 heteroatoms. The first-order valence-corrected chi connectivity index (χ1v) is 4.99. The molecule has 0 spiro atoms. The van der Waals surface area contributed by atoms with Gasteiger partial charge in [0, 0.05) is 17.8 Å². The number of rotatable bonds is 3. The third kappa shape index (κ3) is 2.13. The van der Waals surface area contributed by atoms with E-state index in [-0.39, 0.29) is 5.91 Å². The van der Waals surface area contributed by atoms with Crippen molar-refractivity contribution in [2.45, 2.75) is 20.4 Å². The molecular formula is C11H13N3O2. The van der Waals surface area contributed by atoms with Crippen molar-refractivity contribution in [3.63, 3.8) is 0 Å². The van der Waals surface area contributed by atoms with Crippen LogP contribution in [0.1, 0.15) is 27.4 Å². The second kappa shape index (κ2) is 4.22. The molecule has 2 aromatic heterocycles. The Hall–Kier alpha value is -2.04. The second-order valence-electron chi connectivity index (χ2n) is 3.65. The summed E-state index contributed by atoms with van der Waals surface area (Å²) in [4.78, 5) is 11.7. The summed E-state index contributed by atoms with van der Waals surface area (Å²) in [7, 11) is 0. The van der Waals surface area contributed by atoms with Crippen molar-refractivity contribution in [1.82, 2.24) is 15.5 Å². The third-order valence-corrected chi connectivity index (χ3v) is 2.37. The summed E-state index contributed by atoms with van der Waals surface area (Å²) in [5, 5.41) is 9.49. The van der Waals surface area contributed by atoms with Gasteiger partial charge in [0.1, 0.15) is 12.0 Å². The first kappa shape index (κ1) is 10.5. The van der Waals surface area contributed by atoms with Gasteiger partial charge in [0.2, 0.25) is 0 Å². The molecule has 0 bridgehead atoms. The number of nitrogens with one attached hydrogen (secondary N) is 2. The molecule has 0 aliphatic carbocycles. The Balaban J connectivity index is 1.96. The molecule has 84 valence electrons. The van der Waals surface area contributed by atoms with E-state index in [1.807, 2.05) is 6.92 Å². The van der Waals surface area contributed by atoms with Crippen LogP contribution in [0.2, 0.25) is 0 Å². The maximum atomic E-state index is 11.7. The number of aromatic nitrogens is 2. The van der Waals surface area contributed by atoms with Crippen LogP contribution >= 0.6 is 0 Å². The molecule has 2 heterocycles. The van der Waals surface area contributed by atoms with E-state index in [2.05, 4.69) is 15.5 Å². The number of amides is 1. The van der Waals surface area contributed by atoms with Gasteiger partial charge in [-0.3, -0.25) is 9.89 Å². The lowest BCUT2D eigenvalue weighted by atomic mass is 10.2. The van der Waals surface area contributed by atoms with Crippen molar-refractivity contribution < 1.29 is 9.21 Å². The predicted molar refractivity (Wildman–Crippen MR) is 57.9 cm³/mol. The van der Waals surface area contributed by atoms with Gasteiger partial charge in [0.05, 0.1) is 11.8 Å². The van der Waals surface area contributed by atoms with E-state index in [0.29, 0.717) is 12.1 Å². The van der Waals surface area contributed by atoms with Crippen LogP contribution in [0.4, 0.5) is 0 Å². The van der Waals surface area contributed by atoms with Gasteiger partial charge in [-0.1, -0.05) is 0 Å². The van der Waals surface area contributed by atoms with Crippen molar-refractivity contribution in [3.05, 3.63) is 41.1 Å². The van der Waals surface area contributed by atoms with Crippen molar-refractivity contribution in [2.75, 3.05) is 0 Å². The van der Waals surface area contributed by atoms with Crippen LogP contribution in [0.3, 0.4) is 0 Å². The van der Waals surface area contributed by atoms with E-state index in [0.717, 1.165) is 17.0 Å². The normalized spacial score (nSPS) is 10.4. The number of H-pyrrole nitrogens is 1. The lowest BCUT2D eigenvalue weighted by Gasteiger charge is -2.01. The maximum Gasteiger partial charge on any atom is 0.254 e. The zero-order chi connectivity index (χ0) is 11.5. The predicted octanol–water partition coefficient (Wildman–Crippen LogP) is 1.55. The van der Waals surface area contributed by atoms with Crippen LogP contribution in [0.15, 0.2) is 22.9 Å². The zero-order valence-electron chi connectivity index (χ0n) is 9.20. The van der Waals surface area contributed by atoms with Crippen LogP contribution in [0.5, 0.6) is 0 Å². The molecule has 0 atom stereocenters. The molecule has 0 saturated heterocycles. The van der Waals surface area contributed by atoms with Crippen LogP contribution in [0, 0.1) is 13.8 Å². The number of hydrogen-bond acceptors (Lipinski definition) is 3. The standard InChI is InChI=1S/C11H13N3O2/c1-7-3-9(6-16-7)11(15)12-4-10-5-13-14-8(10)2/h3,5-6H,4H2,1-2H3,(H,12,15)(H,13,14). The summed E-state index contributed by atoms with van der Waals surface area (Å²) >= 11 is 0. The molecule has 0 aliphatic heterocycles. The van der Waals surface area contributed by atoms with E-state index in [9.17, 15) is 4.79 Å². The van der Waals surface area contributed by atoms with Crippen LogP contribution in [-0.4, -0.2) is 16.1 Å². The fourth-order valence-electron chi connectivity index (χ4n) is 1.39. The van der Waals surface area contributed by atoms with E-state index < -0.39 is 0 Å². The highest BCUT2D eigenvalue weighted by Crippen LogP contribution is 2.07. The minimum Gasteiger partial charge on any atom is -0.469 e. The Bertz CT molecular complexity index is 499. The van der Waals surface area contributed by atoms with Crippen molar-refractivity contribution in [3.8, 4) is 0 Å². The topological polar surface area (TPSA) is 70.9 Å². The Labute approximate surface area is 92.9 Å². The zero-order valence-corrected chi connectivity index (χ0v) is 9.20. The van der Waals surface area contributed by atoms with Gasteiger partial charge in [0.15, 0.2) is 0 Å². The molecular weight excluding hydrogens is 206 g/mol. The molecule has 0 aromatic carbocycles. The van der Waals surface area contributed by atoms with Gasteiger partial charge in [0.25, 0.3) is 5.91 Å². The highest BCUT2D eigenvalue weighted by atomic mass is 16.3. The van der Waals surface area contributed by atoms with Crippen molar-refractivity contribution in [2.24, 2.45) is 0 Å². The van der Waals surface area contributed by atoms with E-state index in [1.165, 1.54) is 6.26 Å². The molecule has 1 amide bonds. The van der Waals surface area contributed by atoms with Gasteiger partial charge < -0.3 is 9.73 Å². The molecule has 5 nitrogen and oxygen atoms in total. The highest BCUT2D eigenvalue weighted by Gasteiger charge is 2.09. The first-order valence-electron chi connectivity index (χ1n) is 4.99. The maximum absolute atomic E-state index is 11.7. The Kier molecular flexibility index (Phi) is 2.76. The van der Waals surface area contributed by atoms with Crippen molar-refractivity contribution >= 4 is 5.91 Å². The van der Waals surface area contributed by atoms with E-state index in [4.69, 9.17) is 4.42 Å². The molecule has 0 radical (unpaired) electrons. The molecule has 0 aliphatic rings. The lowest BCUT2D eigenvalue weighted by molar-refractivity contribution is 0.0950. The van der Waals surface area contributed by atoms with Crippen molar-refractivity contribution in [1.29, 1.82) is 0 Å². The van der Waals surface area contributed by atoms with Gasteiger partial charge >= 0.3 is 0 Å². The molecule has 0 saturated carbocycles. The summed E-state index contributed by atoms with van der Waals surface area (Å²) in [5.41, 5.74) is 2.48. The number of carbonyl (C=O) groups excluding carboxylic acids is 1. The monoisotopic (exact) mass is 219 g/mol. The number of hydrogen-bond donors (Lipinski definition) is 2. The summed E-state index contributed by atoms with van der Waals surface area (Å²) in [6.45, 7) is 4.18. The van der Waals surface area contributed by atoms with Crippen LogP contribution in [-0.2, 0) is 6.54 Å². The Morgan fingerprint density at radius 1 is 1.56 bits per heavy atom. The van der Waals surface area contributed by atoms with Gasteiger partial charge in [-0.2, -0.15) is 5.10 Å². The molecule has 16 heavy (non-hydrogen) atoms. The average molecular weight is 219 g/mol. The number of aromatic amines is 1. The summed E-state index contributed by atoms with van der Waals surface area (Å²) in [6.07, 6.45) is 3.16. The number of furan rings is 1. The quantitative estimate of drug-likeness (QED) is 0.822. The third-order valence-electron chi connectivity index (χ3n) is 2.37. The van der Waals surface area contributed by atoms with Gasteiger partial charge in [-0.15, -0.1) is 0 Å². The van der Waals surface area contributed by atoms with E-state index >= 15 is 0 Å². The fraction of sp³-hybridized carbons (Fsp3) is 0.273. The first-order chi connectivity index (χ1) is 7.66. The van der Waals surface area contributed by atoms with Crippen LogP contribution < -0.4 is 5.32 Å². The largest absolute Gasteiger partial charge is 0.469 e. The second-order valence-corrected chi connectivity index (χ2v) is 3.65. The minimum atomic E-state index is -0.141. The molecule has 2 rings (SSSR count). The Morgan fingerprint density at radius 3 is 2.94 bits per heavy atom. The molecule has 0 unspecified atom stereocenters. The smallest absolute Gasteiger partial charge is 0.254 e. The summed E-state index contributed by atoms with van der Waals surface area (Å²) in [6, 6.07) is 1.71. The molecule has 0 fully saturated rings. The highest BCUT2D eigenvalue weighted by molar-refractivity contribution is 5.93.